The van der Waals surface area contributed by atoms with Gasteiger partial charge in [0.2, 0.25) is 5.91 Å². The van der Waals surface area contributed by atoms with Crippen molar-refractivity contribution in [1.29, 1.82) is 0 Å². The number of amides is 1. The van der Waals surface area contributed by atoms with E-state index in [4.69, 9.17) is 14.2 Å². The van der Waals surface area contributed by atoms with Crippen LogP contribution in [0.25, 0.3) is 0 Å². The van der Waals surface area contributed by atoms with E-state index in [0.717, 1.165) is 13.8 Å². The summed E-state index contributed by atoms with van der Waals surface area (Å²) >= 11 is 0. The molecule has 1 fully saturated rings. The maximum atomic E-state index is 14.1. The van der Waals surface area contributed by atoms with Gasteiger partial charge >= 0.3 is 11.9 Å². The third-order valence-corrected chi connectivity index (χ3v) is 2.37. The van der Waals surface area contributed by atoms with E-state index < -0.39 is 42.5 Å². The molecule has 0 radical (unpaired) electrons. The monoisotopic (exact) mass is 277 g/mol. The zero-order valence-corrected chi connectivity index (χ0v) is 10.8. The molecule has 0 aromatic carbocycles. The molecule has 1 saturated heterocycles. The van der Waals surface area contributed by atoms with Crippen LogP contribution in [-0.4, -0.2) is 49.1 Å². The maximum absolute atomic E-state index is 14.1. The highest BCUT2D eigenvalue weighted by Crippen LogP contribution is 2.22. The van der Waals surface area contributed by atoms with E-state index in [9.17, 15) is 18.8 Å². The fraction of sp³-hybridized carbons (Fsp3) is 0.727. The van der Waals surface area contributed by atoms with Crippen LogP contribution in [0.5, 0.6) is 0 Å². The molecule has 1 heterocycles. The Kier molecular flexibility index (Phi) is 5.22. The Morgan fingerprint density at radius 1 is 1.16 bits per heavy atom. The third kappa shape index (κ3) is 4.47. The molecule has 0 bridgehead atoms. The molecule has 0 saturated carbocycles. The zero-order valence-electron chi connectivity index (χ0n) is 10.8. The van der Waals surface area contributed by atoms with E-state index in [1.54, 1.807) is 0 Å². The number of carbonyl (C=O) groups is 3. The number of rotatable bonds is 3. The molecule has 1 amide bonds. The minimum absolute atomic E-state index is 0.178. The van der Waals surface area contributed by atoms with E-state index in [0.29, 0.717) is 0 Å². The SMILES string of the molecule is CC(=O)N[C@H]1OC[C@@H](OC(C)=O)[C@@H](OC(C)=O)[C@@H]1F. The number of nitrogens with one attached hydrogen (secondary N) is 1. The molecule has 0 aromatic rings. The first-order valence-corrected chi connectivity index (χ1v) is 5.68. The second-order valence-electron chi connectivity index (χ2n) is 4.12. The fourth-order valence-corrected chi connectivity index (χ4v) is 1.73. The molecular weight excluding hydrogens is 261 g/mol. The number of carbonyl (C=O) groups excluding carboxylic acids is 3. The molecule has 1 aliphatic heterocycles. The lowest BCUT2D eigenvalue weighted by Gasteiger charge is -2.37. The first kappa shape index (κ1) is 15.4. The van der Waals surface area contributed by atoms with Gasteiger partial charge in [-0.3, -0.25) is 14.4 Å². The Labute approximate surface area is 109 Å². The van der Waals surface area contributed by atoms with Crippen LogP contribution in [0.3, 0.4) is 0 Å². The van der Waals surface area contributed by atoms with Crippen LogP contribution in [-0.2, 0) is 28.6 Å². The van der Waals surface area contributed by atoms with Crippen molar-refractivity contribution in [3.05, 3.63) is 0 Å². The van der Waals surface area contributed by atoms with Crippen molar-refractivity contribution in [3.8, 4) is 0 Å². The van der Waals surface area contributed by atoms with E-state index in [1.807, 2.05) is 0 Å². The van der Waals surface area contributed by atoms with E-state index in [-0.39, 0.29) is 6.61 Å². The zero-order chi connectivity index (χ0) is 14.6. The largest absolute Gasteiger partial charge is 0.456 e. The average molecular weight is 277 g/mol. The van der Waals surface area contributed by atoms with Gasteiger partial charge < -0.3 is 19.5 Å². The summed E-state index contributed by atoms with van der Waals surface area (Å²) in [6.45, 7) is 3.29. The van der Waals surface area contributed by atoms with E-state index in [1.165, 1.54) is 6.92 Å². The highest BCUT2D eigenvalue weighted by molar-refractivity contribution is 5.73. The molecular formula is C11H16FNO6. The molecule has 0 spiro atoms. The molecule has 1 N–H and O–H groups in total. The van der Waals surface area contributed by atoms with Crippen molar-refractivity contribution < 1.29 is 33.0 Å². The summed E-state index contributed by atoms with van der Waals surface area (Å²) in [4.78, 5) is 32.8. The van der Waals surface area contributed by atoms with Crippen LogP contribution >= 0.6 is 0 Å². The summed E-state index contributed by atoms with van der Waals surface area (Å²) in [7, 11) is 0. The van der Waals surface area contributed by atoms with Crippen molar-refractivity contribution in [2.45, 2.75) is 45.4 Å². The maximum Gasteiger partial charge on any atom is 0.303 e. The van der Waals surface area contributed by atoms with Crippen LogP contribution in [0.4, 0.5) is 4.39 Å². The lowest BCUT2D eigenvalue weighted by atomic mass is 10.0. The van der Waals surface area contributed by atoms with E-state index >= 15 is 0 Å². The lowest BCUT2D eigenvalue weighted by molar-refractivity contribution is -0.208. The molecule has 4 atom stereocenters. The summed E-state index contributed by atoms with van der Waals surface area (Å²) in [6, 6.07) is 0. The number of alkyl halides is 1. The highest BCUT2D eigenvalue weighted by atomic mass is 19.1. The number of halogens is 1. The number of esters is 2. The van der Waals surface area contributed by atoms with Gasteiger partial charge in [-0.15, -0.1) is 0 Å². The summed E-state index contributed by atoms with van der Waals surface area (Å²) < 4.78 is 28.8. The molecule has 7 nitrogen and oxygen atoms in total. The first-order valence-electron chi connectivity index (χ1n) is 5.68. The van der Waals surface area contributed by atoms with Gasteiger partial charge in [-0.25, -0.2) is 4.39 Å². The minimum Gasteiger partial charge on any atom is -0.456 e. The molecule has 1 rings (SSSR count). The quantitative estimate of drug-likeness (QED) is 0.711. The van der Waals surface area contributed by atoms with Gasteiger partial charge in [0.1, 0.15) is 0 Å². The first-order chi connectivity index (χ1) is 8.81. The highest BCUT2D eigenvalue weighted by Gasteiger charge is 2.45. The van der Waals surface area contributed by atoms with Gasteiger partial charge in [0.25, 0.3) is 0 Å². The lowest BCUT2D eigenvalue weighted by Crippen LogP contribution is -2.59. The number of hydrogen-bond acceptors (Lipinski definition) is 6. The van der Waals surface area contributed by atoms with Crippen molar-refractivity contribution in [2.75, 3.05) is 6.61 Å². The molecule has 19 heavy (non-hydrogen) atoms. The van der Waals surface area contributed by atoms with Crippen molar-refractivity contribution in [1.82, 2.24) is 5.32 Å². The van der Waals surface area contributed by atoms with Gasteiger partial charge in [0.05, 0.1) is 6.61 Å². The Bertz CT molecular complexity index is 374. The van der Waals surface area contributed by atoms with Gasteiger partial charge in [0, 0.05) is 20.8 Å². The fourth-order valence-electron chi connectivity index (χ4n) is 1.73. The van der Waals surface area contributed by atoms with Crippen LogP contribution in [0.2, 0.25) is 0 Å². The summed E-state index contributed by atoms with van der Waals surface area (Å²) in [5.74, 6) is -1.84. The van der Waals surface area contributed by atoms with Gasteiger partial charge in [-0.05, 0) is 0 Å². The smallest absolute Gasteiger partial charge is 0.303 e. The van der Waals surface area contributed by atoms with Crippen molar-refractivity contribution >= 4 is 17.8 Å². The molecule has 0 aliphatic carbocycles. The predicted molar refractivity (Wildman–Crippen MR) is 59.6 cm³/mol. The van der Waals surface area contributed by atoms with Crippen molar-refractivity contribution in [2.24, 2.45) is 0 Å². The van der Waals surface area contributed by atoms with Gasteiger partial charge in [-0.2, -0.15) is 0 Å². The van der Waals surface area contributed by atoms with Crippen molar-refractivity contribution in [3.63, 3.8) is 0 Å². The number of hydrogen-bond donors (Lipinski definition) is 1. The topological polar surface area (TPSA) is 90.9 Å². The molecule has 1 aliphatic rings. The van der Waals surface area contributed by atoms with Crippen LogP contribution in [0, 0.1) is 0 Å². The van der Waals surface area contributed by atoms with Crippen LogP contribution in [0.15, 0.2) is 0 Å². The Hall–Kier alpha value is -1.70. The minimum atomic E-state index is -1.83. The standard InChI is InChI=1S/C11H16FNO6/c1-5(14)13-11-9(12)10(19-7(3)16)8(4-17-11)18-6(2)15/h8-11H,4H2,1-3H3,(H,13,14)/t8-,9+,10-,11+/m1/s1. The second kappa shape index (κ2) is 6.46. The normalized spacial score (nSPS) is 30.3. The summed E-state index contributed by atoms with van der Waals surface area (Å²) in [5, 5.41) is 2.24. The predicted octanol–water partition coefficient (Wildman–Crippen LogP) is -0.320. The molecule has 8 heteroatoms. The second-order valence-corrected chi connectivity index (χ2v) is 4.12. The average Bonchev–Trinajstić information content (AvgIpc) is 2.26. The molecule has 0 aromatic heterocycles. The summed E-state index contributed by atoms with van der Waals surface area (Å²) in [6.07, 6.45) is -5.42. The molecule has 108 valence electrons. The van der Waals surface area contributed by atoms with Gasteiger partial charge in [0.15, 0.2) is 24.6 Å². The Balaban J connectivity index is 2.79. The van der Waals surface area contributed by atoms with E-state index in [2.05, 4.69) is 5.32 Å². The summed E-state index contributed by atoms with van der Waals surface area (Å²) in [5.41, 5.74) is 0. The van der Waals surface area contributed by atoms with Gasteiger partial charge in [-0.1, -0.05) is 0 Å². The number of ether oxygens (including phenoxy) is 3. The molecule has 0 unspecified atom stereocenters. The van der Waals surface area contributed by atoms with Crippen LogP contribution in [0.1, 0.15) is 20.8 Å². The third-order valence-electron chi connectivity index (χ3n) is 2.37. The Morgan fingerprint density at radius 3 is 2.21 bits per heavy atom. The Morgan fingerprint density at radius 2 is 1.74 bits per heavy atom. The van der Waals surface area contributed by atoms with Crippen LogP contribution < -0.4 is 5.32 Å².